The van der Waals surface area contributed by atoms with E-state index in [0.29, 0.717) is 6.54 Å². The monoisotopic (exact) mass is 430 g/mol. The lowest BCUT2D eigenvalue weighted by atomic mass is 10.1. The average molecular weight is 430 g/mol. The van der Waals surface area contributed by atoms with E-state index >= 15 is 0 Å². The first-order chi connectivity index (χ1) is 15.0. The maximum Gasteiger partial charge on any atom is 0.354 e. The highest BCUT2D eigenvalue weighted by atomic mass is 16.6. The molecule has 1 fully saturated rings. The third-order valence-corrected chi connectivity index (χ3v) is 4.81. The van der Waals surface area contributed by atoms with Gasteiger partial charge in [0.2, 0.25) is 11.6 Å². The Morgan fingerprint density at radius 3 is 2.45 bits per heavy atom. The van der Waals surface area contributed by atoms with Crippen LogP contribution in [0.1, 0.15) is 29.6 Å². The number of benzene rings is 1. The molecule has 0 bridgehead atoms. The minimum Gasteiger partial charge on any atom is -0.363 e. The Morgan fingerprint density at radius 2 is 1.74 bits per heavy atom. The van der Waals surface area contributed by atoms with Crippen molar-refractivity contribution in [1.29, 1.82) is 0 Å². The van der Waals surface area contributed by atoms with E-state index in [1.807, 2.05) is 0 Å². The molecule has 0 atom stereocenters. The number of nitro groups is 2. The van der Waals surface area contributed by atoms with E-state index in [-0.39, 0.29) is 22.9 Å². The van der Waals surface area contributed by atoms with Crippen LogP contribution in [0.3, 0.4) is 0 Å². The van der Waals surface area contributed by atoms with Crippen LogP contribution in [0, 0.1) is 20.2 Å². The van der Waals surface area contributed by atoms with Crippen molar-refractivity contribution in [3.63, 3.8) is 0 Å². The molecule has 1 saturated heterocycles. The summed E-state index contributed by atoms with van der Waals surface area (Å²) in [6.45, 7) is 3.17. The number of rotatable bonds is 9. The predicted molar refractivity (Wildman–Crippen MR) is 112 cm³/mol. The number of anilines is 2. The number of nitrogens with zero attached hydrogens (tertiary/aromatic N) is 5. The van der Waals surface area contributed by atoms with Gasteiger partial charge in [0.1, 0.15) is 11.9 Å². The zero-order valence-corrected chi connectivity index (χ0v) is 16.6. The summed E-state index contributed by atoms with van der Waals surface area (Å²) < 4.78 is 0. The highest BCUT2D eigenvalue weighted by molar-refractivity contribution is 5.98. The smallest absolute Gasteiger partial charge is 0.354 e. The standard InChI is InChI=1S/C18H22N8O5/c27-18(13-6-2-3-7-14(13)25(28)29)23-22-17-15(26(30)31)16(20-12-21-17)19-8-11-24-9-4-1-5-10-24/h2-3,6-7,12H,1,4-5,8-11H2,(H,23,27)(H2,19,20,21,22). The maximum atomic E-state index is 12.3. The lowest BCUT2D eigenvalue weighted by Gasteiger charge is -2.26. The second kappa shape index (κ2) is 10.2. The summed E-state index contributed by atoms with van der Waals surface area (Å²) in [6.07, 6.45) is 4.62. The van der Waals surface area contributed by atoms with Crippen molar-refractivity contribution in [2.24, 2.45) is 0 Å². The largest absolute Gasteiger partial charge is 0.363 e. The van der Waals surface area contributed by atoms with Crippen LogP contribution in [0.15, 0.2) is 30.6 Å². The highest BCUT2D eigenvalue weighted by Crippen LogP contribution is 2.28. The number of aromatic nitrogens is 2. The average Bonchev–Trinajstić information content (AvgIpc) is 2.78. The Hall–Kier alpha value is -3.87. The second-order valence-electron chi connectivity index (χ2n) is 6.86. The minimum atomic E-state index is -0.834. The van der Waals surface area contributed by atoms with Gasteiger partial charge in [-0.1, -0.05) is 18.6 Å². The molecular weight excluding hydrogens is 408 g/mol. The van der Waals surface area contributed by atoms with Gasteiger partial charge >= 0.3 is 5.69 Å². The normalized spacial score (nSPS) is 13.9. The first kappa shape index (κ1) is 21.8. The summed E-state index contributed by atoms with van der Waals surface area (Å²) >= 11 is 0. The Morgan fingerprint density at radius 1 is 1.03 bits per heavy atom. The fraction of sp³-hybridized carbons (Fsp3) is 0.389. The summed E-state index contributed by atoms with van der Waals surface area (Å²) in [4.78, 5) is 43.7. The molecular formula is C18H22N8O5. The Labute approximate surface area is 177 Å². The minimum absolute atomic E-state index is 0.0134. The van der Waals surface area contributed by atoms with Gasteiger partial charge in [-0.15, -0.1) is 0 Å². The molecule has 13 heteroatoms. The van der Waals surface area contributed by atoms with Crippen LogP contribution in [0.4, 0.5) is 23.0 Å². The topological polar surface area (TPSA) is 168 Å². The third kappa shape index (κ3) is 5.60. The molecule has 0 saturated carbocycles. The van der Waals surface area contributed by atoms with Crippen molar-refractivity contribution < 1.29 is 14.6 Å². The molecule has 2 heterocycles. The van der Waals surface area contributed by atoms with Gasteiger partial charge in [0, 0.05) is 19.2 Å². The molecule has 0 unspecified atom stereocenters. The fourth-order valence-corrected chi connectivity index (χ4v) is 3.30. The SMILES string of the molecule is O=C(NNc1ncnc(NCCN2CCCCC2)c1[N+](=O)[O-])c1ccccc1[N+](=O)[O-]. The van der Waals surface area contributed by atoms with Crippen molar-refractivity contribution in [1.82, 2.24) is 20.3 Å². The van der Waals surface area contributed by atoms with Crippen LogP contribution in [-0.4, -0.2) is 56.8 Å². The summed E-state index contributed by atoms with van der Waals surface area (Å²) in [7, 11) is 0. The number of hydrogen-bond acceptors (Lipinski definition) is 10. The molecule has 0 aliphatic carbocycles. The third-order valence-electron chi connectivity index (χ3n) is 4.81. The predicted octanol–water partition coefficient (Wildman–Crippen LogP) is 1.95. The number of carbonyl (C=O) groups excluding carboxylic acids is 1. The lowest BCUT2D eigenvalue weighted by Crippen LogP contribution is -2.34. The number of piperidine rings is 1. The fourth-order valence-electron chi connectivity index (χ4n) is 3.30. The van der Waals surface area contributed by atoms with Gasteiger partial charge in [-0.25, -0.2) is 9.97 Å². The number of carbonyl (C=O) groups is 1. The molecule has 1 aliphatic rings. The molecule has 13 nitrogen and oxygen atoms in total. The summed E-state index contributed by atoms with van der Waals surface area (Å²) in [5.74, 6) is -1.06. The molecule has 0 radical (unpaired) electrons. The van der Waals surface area contributed by atoms with Crippen LogP contribution in [0.5, 0.6) is 0 Å². The van der Waals surface area contributed by atoms with E-state index in [9.17, 15) is 25.0 Å². The Bertz CT molecular complexity index is 964. The van der Waals surface area contributed by atoms with Gasteiger partial charge < -0.3 is 10.2 Å². The maximum absolute atomic E-state index is 12.3. The van der Waals surface area contributed by atoms with Crippen molar-refractivity contribution >= 4 is 28.9 Å². The van der Waals surface area contributed by atoms with E-state index in [2.05, 4.69) is 31.0 Å². The summed E-state index contributed by atoms with van der Waals surface area (Å²) in [6, 6.07) is 5.36. The van der Waals surface area contributed by atoms with E-state index < -0.39 is 21.4 Å². The molecule has 1 aliphatic heterocycles. The first-order valence-corrected chi connectivity index (χ1v) is 9.72. The molecule has 164 valence electrons. The lowest BCUT2D eigenvalue weighted by molar-refractivity contribution is -0.385. The van der Waals surface area contributed by atoms with E-state index in [0.717, 1.165) is 38.8 Å². The molecule has 1 aromatic heterocycles. The van der Waals surface area contributed by atoms with Gasteiger partial charge in [-0.05, 0) is 32.0 Å². The van der Waals surface area contributed by atoms with Gasteiger partial charge in [-0.2, -0.15) is 0 Å². The van der Waals surface area contributed by atoms with Crippen LogP contribution in [0.2, 0.25) is 0 Å². The van der Waals surface area contributed by atoms with Crippen molar-refractivity contribution in [2.75, 3.05) is 36.9 Å². The Kier molecular flexibility index (Phi) is 7.22. The first-order valence-electron chi connectivity index (χ1n) is 9.72. The van der Waals surface area contributed by atoms with Crippen LogP contribution >= 0.6 is 0 Å². The zero-order chi connectivity index (χ0) is 22.2. The molecule has 3 N–H and O–H groups in total. The van der Waals surface area contributed by atoms with Crippen molar-refractivity contribution in [2.45, 2.75) is 19.3 Å². The van der Waals surface area contributed by atoms with Crippen LogP contribution < -0.4 is 16.2 Å². The van der Waals surface area contributed by atoms with E-state index in [1.165, 1.54) is 30.7 Å². The number of nitro benzene ring substituents is 1. The summed E-state index contributed by atoms with van der Waals surface area (Å²) in [5, 5.41) is 25.6. The number of para-hydroxylation sites is 1. The van der Waals surface area contributed by atoms with Gasteiger partial charge in [0.25, 0.3) is 11.6 Å². The quantitative estimate of drug-likeness (QED) is 0.395. The number of hydrogen-bond donors (Lipinski definition) is 3. The molecule has 31 heavy (non-hydrogen) atoms. The van der Waals surface area contributed by atoms with Crippen LogP contribution in [0.25, 0.3) is 0 Å². The molecule has 2 aromatic rings. The molecule has 0 spiro atoms. The van der Waals surface area contributed by atoms with Gasteiger partial charge in [0.15, 0.2) is 0 Å². The number of nitrogens with one attached hydrogen (secondary N) is 3. The Balaban J connectivity index is 1.68. The van der Waals surface area contributed by atoms with Crippen molar-refractivity contribution in [3.8, 4) is 0 Å². The van der Waals surface area contributed by atoms with Crippen molar-refractivity contribution in [3.05, 3.63) is 56.4 Å². The number of likely N-dealkylation sites (tertiary alicyclic amines) is 1. The second-order valence-corrected chi connectivity index (χ2v) is 6.86. The molecule has 1 amide bonds. The molecule has 1 aromatic carbocycles. The van der Waals surface area contributed by atoms with E-state index in [4.69, 9.17) is 0 Å². The summed E-state index contributed by atoms with van der Waals surface area (Å²) in [5.41, 5.74) is 3.56. The highest BCUT2D eigenvalue weighted by Gasteiger charge is 2.25. The van der Waals surface area contributed by atoms with Gasteiger partial charge in [0.05, 0.1) is 9.85 Å². The number of amides is 1. The van der Waals surface area contributed by atoms with E-state index in [1.54, 1.807) is 0 Å². The number of hydrazine groups is 1. The van der Waals surface area contributed by atoms with Crippen LogP contribution in [-0.2, 0) is 0 Å². The molecule has 3 rings (SSSR count). The zero-order valence-electron chi connectivity index (χ0n) is 16.6. The van der Waals surface area contributed by atoms with Gasteiger partial charge in [-0.3, -0.25) is 35.9 Å².